The van der Waals surface area contributed by atoms with Gasteiger partial charge in [0.15, 0.2) is 0 Å². The molecule has 1 aromatic rings. The number of aliphatic carboxylic acids is 1. The van der Waals surface area contributed by atoms with Crippen molar-refractivity contribution in [1.82, 2.24) is 4.90 Å². The van der Waals surface area contributed by atoms with Crippen molar-refractivity contribution in [3.63, 3.8) is 0 Å². The largest absolute Gasteiger partial charge is 0.497 e. The van der Waals surface area contributed by atoms with E-state index in [2.05, 4.69) is 11.8 Å². The maximum atomic E-state index is 11.0. The number of hydrogen-bond acceptors (Lipinski definition) is 3. The number of benzene rings is 1. The van der Waals surface area contributed by atoms with Gasteiger partial charge < -0.3 is 9.84 Å². The Bertz CT molecular complexity index is 420. The minimum atomic E-state index is -0.753. The fourth-order valence-corrected chi connectivity index (χ4v) is 2.10. The summed E-state index contributed by atoms with van der Waals surface area (Å²) < 4.78 is 5.23. The maximum Gasteiger partial charge on any atom is 0.307 e. The maximum absolute atomic E-state index is 11.0. The molecule has 0 saturated heterocycles. The Balaban J connectivity index is 2.82. The number of hydrogen-bond donors (Lipinski definition) is 1. The molecule has 4 heteroatoms. The Morgan fingerprint density at radius 2 is 2.11 bits per heavy atom. The predicted molar refractivity (Wildman–Crippen MR) is 75.5 cm³/mol. The van der Waals surface area contributed by atoms with Gasteiger partial charge in [-0.2, -0.15) is 0 Å². The van der Waals surface area contributed by atoms with E-state index in [0.717, 1.165) is 17.9 Å². The highest BCUT2D eigenvalue weighted by Gasteiger charge is 2.20. The first-order valence-corrected chi connectivity index (χ1v) is 6.60. The third kappa shape index (κ3) is 4.24. The zero-order chi connectivity index (χ0) is 14.4. The van der Waals surface area contributed by atoms with Gasteiger partial charge in [-0.05, 0) is 31.2 Å². The SMILES string of the molecule is CCN(CC(C)C(=O)O)C(C)c1cccc(OC)c1. The lowest BCUT2D eigenvalue weighted by Crippen LogP contribution is -2.33. The average molecular weight is 265 g/mol. The molecule has 0 aliphatic heterocycles. The molecule has 0 saturated carbocycles. The number of carbonyl (C=O) groups is 1. The highest BCUT2D eigenvalue weighted by atomic mass is 16.5. The van der Waals surface area contributed by atoms with Gasteiger partial charge in [-0.3, -0.25) is 9.69 Å². The second-order valence-electron chi connectivity index (χ2n) is 4.78. The van der Waals surface area contributed by atoms with Crippen molar-refractivity contribution in [2.24, 2.45) is 5.92 Å². The third-order valence-electron chi connectivity index (χ3n) is 3.46. The predicted octanol–water partition coefficient (Wildman–Crippen LogP) is 2.80. The lowest BCUT2D eigenvalue weighted by Gasteiger charge is -2.29. The van der Waals surface area contributed by atoms with Crippen LogP contribution in [-0.2, 0) is 4.79 Å². The van der Waals surface area contributed by atoms with E-state index in [-0.39, 0.29) is 12.0 Å². The van der Waals surface area contributed by atoms with E-state index in [4.69, 9.17) is 9.84 Å². The molecule has 0 bridgehead atoms. The summed E-state index contributed by atoms with van der Waals surface area (Å²) in [5.74, 6) is -0.295. The number of carboxylic acid groups (broad SMARTS) is 1. The first kappa shape index (κ1) is 15.5. The van der Waals surface area contributed by atoms with Gasteiger partial charge >= 0.3 is 5.97 Å². The van der Waals surface area contributed by atoms with Crippen molar-refractivity contribution in [1.29, 1.82) is 0 Å². The molecule has 1 N–H and O–H groups in total. The van der Waals surface area contributed by atoms with Gasteiger partial charge in [0.25, 0.3) is 0 Å². The van der Waals surface area contributed by atoms with Crippen LogP contribution in [0.4, 0.5) is 0 Å². The van der Waals surface area contributed by atoms with Crippen LogP contribution in [0.2, 0.25) is 0 Å². The molecule has 4 nitrogen and oxygen atoms in total. The number of ether oxygens (including phenoxy) is 1. The van der Waals surface area contributed by atoms with Gasteiger partial charge in [-0.15, -0.1) is 0 Å². The van der Waals surface area contributed by atoms with Crippen LogP contribution in [0, 0.1) is 5.92 Å². The number of carboxylic acids is 1. The van der Waals surface area contributed by atoms with E-state index in [1.54, 1.807) is 14.0 Å². The number of rotatable bonds is 7. The van der Waals surface area contributed by atoms with Crippen LogP contribution in [0.5, 0.6) is 5.75 Å². The van der Waals surface area contributed by atoms with E-state index in [1.165, 1.54) is 0 Å². The average Bonchev–Trinajstić information content (AvgIpc) is 2.43. The molecule has 0 fully saturated rings. The van der Waals surface area contributed by atoms with Crippen molar-refractivity contribution in [3.05, 3.63) is 29.8 Å². The van der Waals surface area contributed by atoms with Gasteiger partial charge in [0.1, 0.15) is 5.75 Å². The standard InChI is InChI=1S/C15H23NO3/c1-5-16(10-11(2)15(17)18)12(3)13-7-6-8-14(9-13)19-4/h6-9,11-12H,5,10H2,1-4H3,(H,17,18). The van der Waals surface area contributed by atoms with E-state index in [9.17, 15) is 4.79 Å². The smallest absolute Gasteiger partial charge is 0.307 e. The van der Waals surface area contributed by atoms with Crippen molar-refractivity contribution >= 4 is 5.97 Å². The lowest BCUT2D eigenvalue weighted by atomic mass is 10.0. The molecule has 0 amide bonds. The van der Waals surface area contributed by atoms with Crippen molar-refractivity contribution in [2.75, 3.05) is 20.2 Å². The fraction of sp³-hybridized carbons (Fsp3) is 0.533. The number of nitrogens with zero attached hydrogens (tertiary/aromatic N) is 1. The first-order chi connectivity index (χ1) is 8.99. The summed E-state index contributed by atoms with van der Waals surface area (Å²) in [5, 5.41) is 9.01. The molecular weight excluding hydrogens is 242 g/mol. The summed E-state index contributed by atoms with van der Waals surface area (Å²) in [5.41, 5.74) is 1.14. The summed E-state index contributed by atoms with van der Waals surface area (Å²) in [6.07, 6.45) is 0. The third-order valence-corrected chi connectivity index (χ3v) is 3.46. The van der Waals surface area contributed by atoms with Gasteiger partial charge in [0.2, 0.25) is 0 Å². The van der Waals surface area contributed by atoms with Crippen molar-refractivity contribution < 1.29 is 14.6 Å². The molecule has 1 rings (SSSR count). The van der Waals surface area contributed by atoms with Crippen LogP contribution in [-0.4, -0.2) is 36.2 Å². The van der Waals surface area contributed by atoms with E-state index < -0.39 is 5.97 Å². The fourth-order valence-electron chi connectivity index (χ4n) is 2.10. The molecule has 106 valence electrons. The van der Waals surface area contributed by atoms with Crippen LogP contribution >= 0.6 is 0 Å². The molecular formula is C15H23NO3. The summed E-state index contributed by atoms with van der Waals surface area (Å²) in [7, 11) is 1.65. The monoisotopic (exact) mass is 265 g/mol. The minimum absolute atomic E-state index is 0.168. The molecule has 0 spiro atoms. The van der Waals surface area contributed by atoms with Gasteiger partial charge in [-0.1, -0.05) is 26.0 Å². The zero-order valence-electron chi connectivity index (χ0n) is 12.1. The van der Waals surface area contributed by atoms with Crippen LogP contribution in [0.1, 0.15) is 32.4 Å². The Morgan fingerprint density at radius 1 is 1.42 bits per heavy atom. The first-order valence-electron chi connectivity index (χ1n) is 6.60. The molecule has 19 heavy (non-hydrogen) atoms. The van der Waals surface area contributed by atoms with Gasteiger partial charge in [-0.25, -0.2) is 0 Å². The van der Waals surface area contributed by atoms with Gasteiger partial charge in [0, 0.05) is 12.6 Å². The van der Waals surface area contributed by atoms with Crippen LogP contribution in [0.3, 0.4) is 0 Å². The van der Waals surface area contributed by atoms with Crippen LogP contribution in [0.15, 0.2) is 24.3 Å². The molecule has 2 unspecified atom stereocenters. The summed E-state index contributed by atoms with van der Waals surface area (Å²) >= 11 is 0. The second-order valence-corrected chi connectivity index (χ2v) is 4.78. The second kappa shape index (κ2) is 7.14. The Morgan fingerprint density at radius 3 is 2.63 bits per heavy atom. The molecule has 0 aromatic heterocycles. The Kier molecular flexibility index (Phi) is 5.83. The topological polar surface area (TPSA) is 49.8 Å². The Hall–Kier alpha value is -1.55. The van der Waals surface area contributed by atoms with E-state index in [1.807, 2.05) is 31.2 Å². The molecule has 0 aliphatic rings. The normalized spacial score (nSPS) is 14.2. The van der Waals surface area contributed by atoms with Crippen LogP contribution < -0.4 is 4.74 Å². The highest BCUT2D eigenvalue weighted by molar-refractivity contribution is 5.69. The molecule has 0 radical (unpaired) electrons. The lowest BCUT2D eigenvalue weighted by molar-refractivity contribution is -0.141. The molecule has 1 aromatic carbocycles. The summed E-state index contributed by atoms with van der Waals surface area (Å²) in [6.45, 7) is 7.24. The molecule has 0 aliphatic carbocycles. The Labute approximate surface area is 115 Å². The van der Waals surface area contributed by atoms with E-state index >= 15 is 0 Å². The molecule has 2 atom stereocenters. The van der Waals surface area contributed by atoms with E-state index in [0.29, 0.717) is 6.54 Å². The van der Waals surface area contributed by atoms with Crippen molar-refractivity contribution in [2.45, 2.75) is 26.8 Å². The zero-order valence-corrected chi connectivity index (χ0v) is 12.1. The van der Waals surface area contributed by atoms with Crippen molar-refractivity contribution in [3.8, 4) is 5.75 Å². The summed E-state index contributed by atoms with van der Waals surface area (Å²) in [6, 6.07) is 8.08. The highest BCUT2D eigenvalue weighted by Crippen LogP contribution is 2.24. The quantitative estimate of drug-likeness (QED) is 0.823. The van der Waals surface area contributed by atoms with Gasteiger partial charge in [0.05, 0.1) is 13.0 Å². The summed E-state index contributed by atoms with van der Waals surface area (Å²) in [4.78, 5) is 13.1. The number of methoxy groups -OCH3 is 1. The minimum Gasteiger partial charge on any atom is -0.497 e. The molecule has 0 heterocycles. The van der Waals surface area contributed by atoms with Crippen LogP contribution in [0.25, 0.3) is 0 Å².